The van der Waals surface area contributed by atoms with E-state index in [1.54, 1.807) is 6.07 Å². The van der Waals surface area contributed by atoms with Crippen LogP contribution in [0.15, 0.2) is 46.2 Å². The first kappa shape index (κ1) is 15.4. The van der Waals surface area contributed by atoms with E-state index in [9.17, 15) is 24.0 Å². The molecule has 21 heavy (non-hydrogen) atoms. The van der Waals surface area contributed by atoms with Gasteiger partial charge in [0.25, 0.3) is 5.69 Å². The number of hydrogen-bond acceptors (Lipinski definition) is 4. The summed E-state index contributed by atoms with van der Waals surface area (Å²) in [6.45, 7) is 1.50. The summed E-state index contributed by atoms with van der Waals surface area (Å²) in [5, 5.41) is 20.5. The van der Waals surface area contributed by atoms with Gasteiger partial charge >= 0.3 is 0 Å². The van der Waals surface area contributed by atoms with E-state index in [0.29, 0.717) is 10.5 Å². The van der Waals surface area contributed by atoms with Crippen molar-refractivity contribution in [2.24, 2.45) is 0 Å². The second kappa shape index (κ2) is 6.19. The summed E-state index contributed by atoms with van der Waals surface area (Å²) in [7, 11) is 0. The van der Waals surface area contributed by atoms with Crippen molar-refractivity contribution in [1.29, 1.82) is 0 Å². The number of nitrogens with zero attached hydrogens (tertiary/aromatic N) is 1. The standard InChI is InChI=1S/C14H11F2NO3S/c1-8(18)9-2-5-14(13(6-9)17(19)20)21-10-3-4-11(15)12(16)7-10/h2-8,18H,1H3. The Morgan fingerprint density at radius 3 is 2.48 bits per heavy atom. The van der Waals surface area contributed by atoms with Crippen LogP contribution in [0.3, 0.4) is 0 Å². The quantitative estimate of drug-likeness (QED) is 0.682. The molecule has 110 valence electrons. The lowest BCUT2D eigenvalue weighted by atomic mass is 10.1. The van der Waals surface area contributed by atoms with Crippen molar-refractivity contribution in [2.45, 2.75) is 22.8 Å². The van der Waals surface area contributed by atoms with E-state index in [4.69, 9.17) is 0 Å². The van der Waals surface area contributed by atoms with Crippen LogP contribution in [0.5, 0.6) is 0 Å². The van der Waals surface area contributed by atoms with Crippen LogP contribution in [-0.2, 0) is 0 Å². The van der Waals surface area contributed by atoms with Gasteiger partial charge in [-0.2, -0.15) is 0 Å². The molecule has 0 radical (unpaired) electrons. The Hall–Kier alpha value is -1.99. The van der Waals surface area contributed by atoms with Gasteiger partial charge in [0.2, 0.25) is 0 Å². The van der Waals surface area contributed by atoms with Gasteiger partial charge in [-0.15, -0.1) is 0 Å². The van der Waals surface area contributed by atoms with Crippen LogP contribution in [0.1, 0.15) is 18.6 Å². The van der Waals surface area contributed by atoms with Crippen LogP contribution in [0, 0.1) is 21.7 Å². The molecule has 0 fully saturated rings. The second-order valence-electron chi connectivity index (χ2n) is 4.34. The van der Waals surface area contributed by atoms with Crippen molar-refractivity contribution in [3.05, 3.63) is 63.7 Å². The average Bonchev–Trinajstić information content (AvgIpc) is 2.43. The fraction of sp³-hybridized carbons (Fsp3) is 0.143. The van der Waals surface area contributed by atoms with Crippen LogP contribution < -0.4 is 0 Å². The molecule has 0 saturated heterocycles. The third kappa shape index (κ3) is 3.56. The molecule has 0 amide bonds. The molecule has 0 aliphatic carbocycles. The van der Waals surface area contributed by atoms with Crippen molar-refractivity contribution in [3.63, 3.8) is 0 Å². The normalized spacial score (nSPS) is 12.2. The number of nitro benzene ring substituents is 1. The molecule has 1 atom stereocenters. The van der Waals surface area contributed by atoms with Crippen LogP contribution in [0.2, 0.25) is 0 Å². The summed E-state index contributed by atoms with van der Waals surface area (Å²) < 4.78 is 26.0. The van der Waals surface area contributed by atoms with Gasteiger partial charge in [0.15, 0.2) is 11.6 Å². The minimum absolute atomic E-state index is 0.192. The van der Waals surface area contributed by atoms with Gasteiger partial charge in [0, 0.05) is 11.0 Å². The van der Waals surface area contributed by atoms with Crippen molar-refractivity contribution >= 4 is 17.4 Å². The van der Waals surface area contributed by atoms with E-state index >= 15 is 0 Å². The van der Waals surface area contributed by atoms with Crippen LogP contribution in [0.4, 0.5) is 14.5 Å². The van der Waals surface area contributed by atoms with Crippen molar-refractivity contribution in [2.75, 3.05) is 0 Å². The van der Waals surface area contributed by atoms with Crippen molar-refractivity contribution < 1.29 is 18.8 Å². The average molecular weight is 311 g/mol. The van der Waals surface area contributed by atoms with Gasteiger partial charge in [-0.1, -0.05) is 17.8 Å². The molecule has 0 spiro atoms. The molecule has 2 rings (SSSR count). The lowest BCUT2D eigenvalue weighted by molar-refractivity contribution is -0.387. The largest absolute Gasteiger partial charge is 0.389 e. The zero-order valence-electron chi connectivity index (χ0n) is 10.9. The molecular weight excluding hydrogens is 300 g/mol. The highest BCUT2D eigenvalue weighted by atomic mass is 32.2. The summed E-state index contributed by atoms with van der Waals surface area (Å²) in [5.74, 6) is -1.98. The minimum Gasteiger partial charge on any atom is -0.389 e. The first-order valence-electron chi connectivity index (χ1n) is 5.98. The molecular formula is C14H11F2NO3S. The lowest BCUT2D eigenvalue weighted by Crippen LogP contribution is -1.96. The Labute approximate surface area is 123 Å². The van der Waals surface area contributed by atoms with E-state index in [2.05, 4.69) is 0 Å². The van der Waals surface area contributed by atoms with Crippen molar-refractivity contribution in [3.8, 4) is 0 Å². The third-order valence-corrected chi connectivity index (χ3v) is 3.84. The first-order chi connectivity index (χ1) is 9.88. The fourth-order valence-electron chi connectivity index (χ4n) is 1.69. The van der Waals surface area contributed by atoms with Crippen LogP contribution in [-0.4, -0.2) is 10.0 Å². The minimum atomic E-state index is -1.01. The summed E-state index contributed by atoms with van der Waals surface area (Å²) in [6.07, 6.45) is -0.828. The van der Waals surface area contributed by atoms with E-state index in [0.717, 1.165) is 23.9 Å². The van der Waals surface area contributed by atoms with E-state index in [1.165, 1.54) is 25.1 Å². The zero-order chi connectivity index (χ0) is 15.6. The van der Waals surface area contributed by atoms with Crippen LogP contribution >= 0.6 is 11.8 Å². The Morgan fingerprint density at radius 2 is 1.90 bits per heavy atom. The number of benzene rings is 2. The topological polar surface area (TPSA) is 63.4 Å². The molecule has 0 saturated carbocycles. The van der Waals surface area contributed by atoms with Gasteiger partial charge in [-0.05, 0) is 36.8 Å². The SMILES string of the molecule is CC(O)c1ccc(Sc2ccc(F)c(F)c2)c([N+](=O)[O-])c1. The van der Waals surface area contributed by atoms with E-state index < -0.39 is 22.7 Å². The first-order valence-corrected chi connectivity index (χ1v) is 6.79. The Balaban J connectivity index is 2.39. The second-order valence-corrected chi connectivity index (χ2v) is 5.45. The number of aliphatic hydroxyl groups is 1. The van der Waals surface area contributed by atoms with Crippen LogP contribution in [0.25, 0.3) is 0 Å². The number of aliphatic hydroxyl groups excluding tert-OH is 1. The van der Waals surface area contributed by atoms with Gasteiger partial charge < -0.3 is 5.11 Å². The predicted octanol–water partition coefficient (Wildman–Crippen LogP) is 4.08. The smallest absolute Gasteiger partial charge is 0.283 e. The molecule has 2 aromatic carbocycles. The molecule has 0 heterocycles. The predicted molar refractivity (Wildman–Crippen MR) is 74.2 cm³/mol. The highest BCUT2D eigenvalue weighted by molar-refractivity contribution is 7.99. The summed E-state index contributed by atoms with van der Waals surface area (Å²) in [4.78, 5) is 11.1. The lowest BCUT2D eigenvalue weighted by Gasteiger charge is -2.08. The van der Waals surface area contributed by atoms with Gasteiger partial charge in [-0.3, -0.25) is 10.1 Å². The fourth-order valence-corrected chi connectivity index (χ4v) is 2.62. The van der Waals surface area contributed by atoms with Gasteiger partial charge in [-0.25, -0.2) is 8.78 Å². The highest BCUT2D eigenvalue weighted by Gasteiger charge is 2.17. The molecule has 1 N–H and O–H groups in total. The summed E-state index contributed by atoms with van der Waals surface area (Å²) in [5.41, 5.74) is 0.222. The number of halogens is 2. The maximum Gasteiger partial charge on any atom is 0.283 e. The molecule has 0 aliphatic heterocycles. The summed E-state index contributed by atoms with van der Waals surface area (Å²) >= 11 is 0.956. The van der Waals surface area contributed by atoms with Gasteiger partial charge in [0.1, 0.15) is 0 Å². The maximum absolute atomic E-state index is 13.2. The number of nitro groups is 1. The van der Waals surface area contributed by atoms with Gasteiger partial charge in [0.05, 0.1) is 15.9 Å². The third-order valence-electron chi connectivity index (χ3n) is 2.78. The summed E-state index contributed by atoms with van der Waals surface area (Å²) in [6, 6.07) is 7.59. The Bertz CT molecular complexity index is 692. The maximum atomic E-state index is 13.2. The Kier molecular flexibility index (Phi) is 4.54. The number of rotatable bonds is 4. The molecule has 7 heteroatoms. The van der Waals surface area contributed by atoms with E-state index in [1.807, 2.05) is 0 Å². The molecule has 0 aliphatic rings. The molecule has 2 aromatic rings. The number of hydrogen-bond donors (Lipinski definition) is 1. The van der Waals surface area contributed by atoms with E-state index in [-0.39, 0.29) is 10.6 Å². The van der Waals surface area contributed by atoms with Crippen molar-refractivity contribution in [1.82, 2.24) is 0 Å². The molecule has 4 nitrogen and oxygen atoms in total. The highest BCUT2D eigenvalue weighted by Crippen LogP contribution is 2.36. The zero-order valence-corrected chi connectivity index (χ0v) is 11.7. The molecule has 0 bridgehead atoms. The Morgan fingerprint density at radius 1 is 1.19 bits per heavy atom. The molecule has 1 unspecified atom stereocenters. The monoisotopic (exact) mass is 311 g/mol. The molecule has 0 aromatic heterocycles.